The molecule has 1 aromatic heterocycles. The third-order valence-electron chi connectivity index (χ3n) is 2.67. The average Bonchev–Trinajstić information content (AvgIpc) is 2.75. The molecule has 2 aromatic carbocycles. The van der Waals surface area contributed by atoms with Gasteiger partial charge in [-0.15, -0.1) is 0 Å². The lowest BCUT2D eigenvalue weighted by Gasteiger charge is -2.01. The number of aromatic amines is 1. The Labute approximate surface area is 113 Å². The molecule has 1 heterocycles. The molecule has 0 saturated carbocycles. The van der Waals surface area contributed by atoms with Gasteiger partial charge in [-0.05, 0) is 24.3 Å². The van der Waals surface area contributed by atoms with E-state index in [1.165, 1.54) is 0 Å². The number of hydrogen-bond donors (Lipinski definition) is 2. The number of halogens is 2. The van der Waals surface area contributed by atoms with Gasteiger partial charge < -0.3 is 10.1 Å². The number of rotatable bonds is 1. The Morgan fingerprint density at radius 1 is 1.11 bits per heavy atom. The van der Waals surface area contributed by atoms with Gasteiger partial charge >= 0.3 is 0 Å². The fourth-order valence-electron chi connectivity index (χ4n) is 1.81. The van der Waals surface area contributed by atoms with Crippen LogP contribution in [-0.4, -0.2) is 15.1 Å². The molecule has 0 aliphatic rings. The number of phenolic OH excluding ortho intramolecular Hbond substituents is 1. The standard InChI is InChI=1S/C13H8Cl2N2O/c14-9-3-1-2-8(12(9)15)13-16-10-5-4-7(18)6-11(10)17-13/h1-6,18H,(H,16,17). The number of nitrogens with one attached hydrogen (secondary N) is 1. The topological polar surface area (TPSA) is 48.9 Å². The summed E-state index contributed by atoms with van der Waals surface area (Å²) in [5.74, 6) is 0.818. The smallest absolute Gasteiger partial charge is 0.140 e. The molecule has 0 bridgehead atoms. The number of H-pyrrole nitrogens is 1. The first kappa shape index (κ1) is 11.4. The fourth-order valence-corrected chi connectivity index (χ4v) is 2.20. The SMILES string of the molecule is Oc1ccc2nc(-c3cccc(Cl)c3Cl)[nH]c2c1. The second-order valence-corrected chi connectivity index (χ2v) is 4.67. The monoisotopic (exact) mass is 278 g/mol. The Hall–Kier alpha value is -1.71. The van der Waals surface area contributed by atoms with Crippen LogP contribution >= 0.6 is 23.2 Å². The van der Waals surface area contributed by atoms with Crippen LogP contribution in [0.2, 0.25) is 10.0 Å². The normalized spacial score (nSPS) is 11.0. The molecule has 2 N–H and O–H groups in total. The summed E-state index contributed by atoms with van der Waals surface area (Å²) in [4.78, 5) is 7.52. The highest BCUT2D eigenvalue weighted by molar-refractivity contribution is 6.43. The van der Waals surface area contributed by atoms with E-state index in [0.29, 0.717) is 15.9 Å². The molecule has 0 aliphatic carbocycles. The van der Waals surface area contributed by atoms with Gasteiger partial charge in [0, 0.05) is 11.6 Å². The van der Waals surface area contributed by atoms with Crippen LogP contribution in [0.5, 0.6) is 5.75 Å². The molecule has 18 heavy (non-hydrogen) atoms. The van der Waals surface area contributed by atoms with Gasteiger partial charge in [-0.3, -0.25) is 0 Å². The van der Waals surface area contributed by atoms with Gasteiger partial charge in [0.1, 0.15) is 11.6 Å². The average molecular weight is 279 g/mol. The van der Waals surface area contributed by atoms with Crippen molar-refractivity contribution in [1.82, 2.24) is 9.97 Å². The number of imidazole rings is 1. The van der Waals surface area contributed by atoms with Gasteiger partial charge in [0.2, 0.25) is 0 Å². The van der Waals surface area contributed by atoms with E-state index in [-0.39, 0.29) is 5.75 Å². The Morgan fingerprint density at radius 2 is 1.94 bits per heavy atom. The predicted octanol–water partition coefficient (Wildman–Crippen LogP) is 4.24. The third-order valence-corrected chi connectivity index (χ3v) is 3.49. The highest BCUT2D eigenvalue weighted by Gasteiger charge is 2.11. The predicted molar refractivity (Wildman–Crippen MR) is 73.2 cm³/mol. The van der Waals surface area contributed by atoms with E-state index >= 15 is 0 Å². The maximum Gasteiger partial charge on any atom is 0.140 e. The Kier molecular flexibility index (Phi) is 2.65. The lowest BCUT2D eigenvalue weighted by molar-refractivity contribution is 0.476. The Morgan fingerprint density at radius 3 is 2.78 bits per heavy atom. The summed E-state index contributed by atoms with van der Waals surface area (Å²) >= 11 is 12.1. The minimum Gasteiger partial charge on any atom is -0.508 e. The molecule has 90 valence electrons. The molecule has 5 heteroatoms. The van der Waals surface area contributed by atoms with E-state index in [2.05, 4.69) is 9.97 Å². The van der Waals surface area contributed by atoms with E-state index in [9.17, 15) is 5.11 Å². The quantitative estimate of drug-likeness (QED) is 0.699. The second-order valence-electron chi connectivity index (χ2n) is 3.89. The van der Waals surface area contributed by atoms with Crippen LogP contribution in [0.15, 0.2) is 36.4 Å². The van der Waals surface area contributed by atoms with Crippen molar-refractivity contribution in [2.24, 2.45) is 0 Å². The van der Waals surface area contributed by atoms with Crippen molar-refractivity contribution in [3.63, 3.8) is 0 Å². The molecule has 0 atom stereocenters. The number of aromatic hydroxyl groups is 1. The van der Waals surface area contributed by atoms with Gasteiger partial charge in [-0.2, -0.15) is 0 Å². The molecule has 0 amide bonds. The first-order valence-corrected chi connectivity index (χ1v) is 6.04. The van der Waals surface area contributed by atoms with Crippen LogP contribution in [0.1, 0.15) is 0 Å². The first-order valence-electron chi connectivity index (χ1n) is 5.28. The van der Waals surface area contributed by atoms with E-state index < -0.39 is 0 Å². The van der Waals surface area contributed by atoms with Crippen molar-refractivity contribution in [2.45, 2.75) is 0 Å². The van der Waals surface area contributed by atoms with Crippen LogP contribution in [0.3, 0.4) is 0 Å². The summed E-state index contributed by atoms with van der Waals surface area (Å²) in [5.41, 5.74) is 2.25. The first-order chi connectivity index (χ1) is 8.65. The minimum atomic E-state index is 0.190. The van der Waals surface area contributed by atoms with Gasteiger partial charge in [-0.25, -0.2) is 4.98 Å². The zero-order valence-corrected chi connectivity index (χ0v) is 10.6. The van der Waals surface area contributed by atoms with E-state index in [0.717, 1.165) is 16.6 Å². The van der Waals surface area contributed by atoms with E-state index in [4.69, 9.17) is 23.2 Å². The second kappa shape index (κ2) is 4.19. The lowest BCUT2D eigenvalue weighted by atomic mass is 10.2. The zero-order chi connectivity index (χ0) is 12.7. The maximum atomic E-state index is 9.41. The highest BCUT2D eigenvalue weighted by atomic mass is 35.5. The number of hydrogen-bond acceptors (Lipinski definition) is 2. The molecule has 3 nitrogen and oxygen atoms in total. The number of nitrogens with zero attached hydrogens (tertiary/aromatic N) is 1. The molecule has 0 aliphatic heterocycles. The minimum absolute atomic E-state index is 0.190. The molecule has 0 saturated heterocycles. The summed E-state index contributed by atoms with van der Waals surface area (Å²) in [7, 11) is 0. The van der Waals surface area contributed by atoms with Crippen LogP contribution < -0.4 is 0 Å². The molecule has 0 fully saturated rings. The molecular formula is C13H8Cl2N2O. The van der Waals surface area contributed by atoms with E-state index in [1.54, 1.807) is 24.3 Å². The van der Waals surface area contributed by atoms with Crippen LogP contribution in [-0.2, 0) is 0 Å². The molecule has 3 aromatic rings. The van der Waals surface area contributed by atoms with Crippen molar-refractivity contribution in [3.05, 3.63) is 46.4 Å². The fraction of sp³-hybridized carbons (Fsp3) is 0. The Bertz CT molecular complexity index is 737. The van der Waals surface area contributed by atoms with Crippen molar-refractivity contribution in [2.75, 3.05) is 0 Å². The van der Waals surface area contributed by atoms with Crippen LogP contribution in [0.4, 0.5) is 0 Å². The van der Waals surface area contributed by atoms with Crippen molar-refractivity contribution < 1.29 is 5.11 Å². The van der Waals surface area contributed by atoms with Crippen LogP contribution in [0, 0.1) is 0 Å². The van der Waals surface area contributed by atoms with Gasteiger partial charge in [-0.1, -0.05) is 29.3 Å². The van der Waals surface area contributed by atoms with Gasteiger partial charge in [0.05, 0.1) is 21.1 Å². The number of aromatic nitrogens is 2. The highest BCUT2D eigenvalue weighted by Crippen LogP contribution is 2.33. The van der Waals surface area contributed by atoms with Crippen molar-refractivity contribution in [3.8, 4) is 17.1 Å². The summed E-state index contributed by atoms with van der Waals surface area (Å²) in [6.45, 7) is 0. The summed E-state index contributed by atoms with van der Waals surface area (Å²) in [6.07, 6.45) is 0. The molecule has 0 radical (unpaired) electrons. The van der Waals surface area contributed by atoms with Crippen molar-refractivity contribution >= 4 is 34.2 Å². The summed E-state index contributed by atoms with van der Waals surface area (Å²) < 4.78 is 0. The molecule has 0 spiro atoms. The van der Waals surface area contributed by atoms with Crippen molar-refractivity contribution in [1.29, 1.82) is 0 Å². The molecular weight excluding hydrogens is 271 g/mol. The summed E-state index contributed by atoms with van der Waals surface area (Å²) in [5, 5.41) is 10.4. The largest absolute Gasteiger partial charge is 0.508 e. The van der Waals surface area contributed by atoms with Gasteiger partial charge in [0.15, 0.2) is 0 Å². The number of fused-ring (bicyclic) bond motifs is 1. The maximum absolute atomic E-state index is 9.41. The third kappa shape index (κ3) is 1.82. The summed E-state index contributed by atoms with van der Waals surface area (Å²) in [6, 6.07) is 10.3. The van der Waals surface area contributed by atoms with Gasteiger partial charge in [0.25, 0.3) is 0 Å². The van der Waals surface area contributed by atoms with E-state index in [1.807, 2.05) is 12.1 Å². The Balaban J connectivity index is 2.22. The van der Waals surface area contributed by atoms with Crippen LogP contribution in [0.25, 0.3) is 22.4 Å². The molecule has 3 rings (SSSR count). The zero-order valence-electron chi connectivity index (χ0n) is 9.11. The number of phenols is 1. The number of benzene rings is 2. The molecule has 0 unspecified atom stereocenters. The lowest BCUT2D eigenvalue weighted by Crippen LogP contribution is -1.82.